The predicted molar refractivity (Wildman–Crippen MR) is 117 cm³/mol. The summed E-state index contributed by atoms with van der Waals surface area (Å²) >= 11 is 23.6. The molecular formula is C20H19Cl4NO3. The van der Waals surface area contributed by atoms with Crippen molar-refractivity contribution in [1.29, 1.82) is 0 Å². The summed E-state index contributed by atoms with van der Waals surface area (Å²) in [4.78, 5) is 4.95. The van der Waals surface area contributed by atoms with E-state index in [1.807, 2.05) is 31.2 Å². The van der Waals surface area contributed by atoms with E-state index in [0.717, 1.165) is 11.1 Å². The molecule has 2 aromatic rings. The first-order valence-electron chi connectivity index (χ1n) is 8.49. The normalized spacial score (nSPS) is 10.8. The number of rotatable bonds is 10. The van der Waals surface area contributed by atoms with Gasteiger partial charge in [-0.1, -0.05) is 75.8 Å². The van der Waals surface area contributed by atoms with Crippen molar-refractivity contribution >= 4 is 52.6 Å². The number of oxime groups is 1. The third-order valence-electron chi connectivity index (χ3n) is 3.48. The second-order valence-electron chi connectivity index (χ2n) is 5.51. The molecule has 0 aliphatic rings. The lowest BCUT2D eigenvalue weighted by atomic mass is 10.1. The predicted octanol–water partition coefficient (Wildman–Crippen LogP) is 6.68. The van der Waals surface area contributed by atoms with E-state index < -0.39 is 0 Å². The van der Waals surface area contributed by atoms with Gasteiger partial charge in [0.1, 0.15) is 23.5 Å². The highest BCUT2D eigenvalue weighted by Gasteiger charge is 2.11. The minimum absolute atomic E-state index is 0.131. The maximum Gasteiger partial charge on any atom is 0.156 e. The fourth-order valence-electron chi connectivity index (χ4n) is 2.17. The molecule has 4 nitrogen and oxygen atoms in total. The van der Waals surface area contributed by atoms with Crippen molar-refractivity contribution in [3.63, 3.8) is 0 Å². The first-order valence-corrected chi connectivity index (χ1v) is 10.0. The van der Waals surface area contributed by atoms with E-state index in [9.17, 15) is 0 Å². The lowest BCUT2D eigenvalue weighted by Gasteiger charge is -2.12. The molecular weight excluding hydrogens is 444 g/mol. The maximum atomic E-state index is 6.26. The average molecular weight is 463 g/mol. The molecule has 0 radical (unpaired) electrons. The SMILES string of the molecule is CCON=Cc1ccc(CCOc2c(Cl)cc(OCC=C(Cl)Cl)cc2Cl)cc1. The summed E-state index contributed by atoms with van der Waals surface area (Å²) in [6, 6.07) is 11.2. The third kappa shape index (κ3) is 7.80. The Morgan fingerprint density at radius 1 is 1.04 bits per heavy atom. The molecule has 28 heavy (non-hydrogen) atoms. The zero-order valence-electron chi connectivity index (χ0n) is 15.1. The highest BCUT2D eigenvalue weighted by atomic mass is 35.5. The number of ether oxygens (including phenoxy) is 2. The van der Waals surface area contributed by atoms with E-state index in [2.05, 4.69) is 5.16 Å². The fourth-order valence-corrected chi connectivity index (χ4v) is 2.87. The quantitative estimate of drug-likeness (QED) is 0.292. The van der Waals surface area contributed by atoms with Crippen LogP contribution in [0.25, 0.3) is 0 Å². The molecule has 0 fully saturated rings. The Morgan fingerprint density at radius 3 is 2.32 bits per heavy atom. The molecule has 0 heterocycles. The molecule has 0 aliphatic heterocycles. The van der Waals surface area contributed by atoms with Crippen LogP contribution in [0, 0.1) is 0 Å². The van der Waals surface area contributed by atoms with E-state index in [1.165, 1.54) is 6.08 Å². The summed E-state index contributed by atoms with van der Waals surface area (Å²) in [5.41, 5.74) is 2.08. The van der Waals surface area contributed by atoms with E-state index in [0.29, 0.717) is 41.2 Å². The van der Waals surface area contributed by atoms with Gasteiger partial charge < -0.3 is 14.3 Å². The highest BCUT2D eigenvalue weighted by Crippen LogP contribution is 2.37. The van der Waals surface area contributed by atoms with Crippen molar-refractivity contribution in [3.05, 3.63) is 68.1 Å². The fraction of sp³-hybridized carbons (Fsp3) is 0.250. The summed E-state index contributed by atoms with van der Waals surface area (Å²) in [5.74, 6) is 0.916. The Kier molecular flexibility index (Phi) is 9.79. The molecule has 0 amide bonds. The van der Waals surface area contributed by atoms with Gasteiger partial charge in [-0.05, 0) is 24.1 Å². The molecule has 8 heteroatoms. The molecule has 2 aromatic carbocycles. The van der Waals surface area contributed by atoms with E-state index in [1.54, 1.807) is 18.3 Å². The van der Waals surface area contributed by atoms with Gasteiger partial charge in [-0.25, -0.2) is 0 Å². The van der Waals surface area contributed by atoms with E-state index >= 15 is 0 Å². The van der Waals surface area contributed by atoms with Crippen LogP contribution in [0.4, 0.5) is 0 Å². The van der Waals surface area contributed by atoms with Crippen molar-refractivity contribution in [3.8, 4) is 11.5 Å². The molecule has 0 bridgehead atoms. The van der Waals surface area contributed by atoms with Gasteiger partial charge in [0.25, 0.3) is 0 Å². The number of nitrogens with zero attached hydrogens (tertiary/aromatic N) is 1. The van der Waals surface area contributed by atoms with Crippen LogP contribution in [0.1, 0.15) is 18.1 Å². The monoisotopic (exact) mass is 461 g/mol. The molecule has 0 unspecified atom stereocenters. The van der Waals surface area contributed by atoms with Crippen LogP contribution in [0.2, 0.25) is 10.0 Å². The van der Waals surface area contributed by atoms with Crippen molar-refractivity contribution in [2.45, 2.75) is 13.3 Å². The van der Waals surface area contributed by atoms with Crippen LogP contribution in [0.5, 0.6) is 11.5 Å². The van der Waals surface area contributed by atoms with Gasteiger partial charge in [0.05, 0.1) is 22.9 Å². The van der Waals surface area contributed by atoms with Gasteiger partial charge in [0.2, 0.25) is 0 Å². The standard InChI is InChI=1S/C20H19Cl4NO3/c1-2-28-25-13-15-5-3-14(4-6-15)7-9-27-20-17(21)11-16(12-18(20)22)26-10-8-19(23)24/h3-6,8,11-13H,2,7,9-10H2,1H3. The number of hydrogen-bond donors (Lipinski definition) is 0. The van der Waals surface area contributed by atoms with E-state index in [-0.39, 0.29) is 11.1 Å². The average Bonchev–Trinajstić information content (AvgIpc) is 2.65. The van der Waals surface area contributed by atoms with Gasteiger partial charge in [0.15, 0.2) is 5.75 Å². The smallest absolute Gasteiger partial charge is 0.156 e. The second kappa shape index (κ2) is 12.1. The molecule has 0 spiro atoms. The van der Waals surface area contributed by atoms with Gasteiger partial charge in [-0.2, -0.15) is 0 Å². The Labute approximate surface area is 184 Å². The molecule has 0 atom stereocenters. The molecule has 150 valence electrons. The topological polar surface area (TPSA) is 40.0 Å². The van der Waals surface area contributed by atoms with E-state index in [4.69, 9.17) is 60.7 Å². The summed E-state index contributed by atoms with van der Waals surface area (Å²) in [6.45, 7) is 3.06. The van der Waals surface area contributed by atoms with Crippen LogP contribution in [-0.2, 0) is 11.3 Å². The minimum Gasteiger partial charge on any atom is -0.490 e. The maximum absolute atomic E-state index is 6.26. The van der Waals surface area contributed by atoms with Crippen LogP contribution in [0.15, 0.2) is 52.1 Å². The van der Waals surface area contributed by atoms with Crippen molar-refractivity contribution < 1.29 is 14.3 Å². The summed E-state index contributed by atoms with van der Waals surface area (Å²) in [5, 5.41) is 4.57. The molecule has 0 N–H and O–H groups in total. The molecule has 0 saturated heterocycles. The van der Waals surface area contributed by atoms with Crippen LogP contribution >= 0.6 is 46.4 Å². The molecule has 2 rings (SSSR count). The van der Waals surface area contributed by atoms with Crippen LogP contribution in [-0.4, -0.2) is 26.0 Å². The van der Waals surface area contributed by atoms with Crippen molar-refractivity contribution in [2.24, 2.45) is 5.16 Å². The lowest BCUT2D eigenvalue weighted by molar-refractivity contribution is 0.160. The summed E-state index contributed by atoms with van der Waals surface area (Å²) in [6.07, 6.45) is 3.89. The Hall–Kier alpha value is -1.59. The summed E-state index contributed by atoms with van der Waals surface area (Å²) in [7, 11) is 0. The Morgan fingerprint density at radius 2 is 1.71 bits per heavy atom. The zero-order chi connectivity index (χ0) is 20.4. The molecule has 0 saturated carbocycles. The Bertz CT molecular complexity index is 796. The van der Waals surface area contributed by atoms with Crippen LogP contribution < -0.4 is 9.47 Å². The van der Waals surface area contributed by atoms with Gasteiger partial charge in [0, 0.05) is 18.6 Å². The zero-order valence-corrected chi connectivity index (χ0v) is 18.2. The van der Waals surface area contributed by atoms with Gasteiger partial charge in [-0.15, -0.1) is 0 Å². The third-order valence-corrected chi connectivity index (χ3v) is 4.35. The summed E-state index contributed by atoms with van der Waals surface area (Å²) < 4.78 is 11.4. The lowest BCUT2D eigenvalue weighted by Crippen LogP contribution is -2.03. The minimum atomic E-state index is 0.131. The number of benzene rings is 2. The number of halogens is 4. The first-order chi connectivity index (χ1) is 13.5. The van der Waals surface area contributed by atoms with Gasteiger partial charge >= 0.3 is 0 Å². The second-order valence-corrected chi connectivity index (χ2v) is 7.34. The van der Waals surface area contributed by atoms with Crippen LogP contribution in [0.3, 0.4) is 0 Å². The van der Waals surface area contributed by atoms with Crippen molar-refractivity contribution in [2.75, 3.05) is 19.8 Å². The Balaban J connectivity index is 1.89. The number of hydrogen-bond acceptors (Lipinski definition) is 4. The van der Waals surface area contributed by atoms with Crippen molar-refractivity contribution in [1.82, 2.24) is 0 Å². The highest BCUT2D eigenvalue weighted by molar-refractivity contribution is 6.55. The van der Waals surface area contributed by atoms with Gasteiger partial charge in [-0.3, -0.25) is 0 Å². The first kappa shape index (κ1) is 22.7. The largest absolute Gasteiger partial charge is 0.490 e. The molecule has 0 aliphatic carbocycles. The molecule has 0 aromatic heterocycles.